The average molecular weight is 602 g/mol. The van der Waals surface area contributed by atoms with Gasteiger partial charge in [-0.2, -0.15) is 0 Å². The van der Waals surface area contributed by atoms with Gasteiger partial charge in [0.2, 0.25) is 0 Å². The molecule has 0 amide bonds. The number of para-hydroxylation sites is 1. The van der Waals surface area contributed by atoms with E-state index in [4.69, 9.17) is 0 Å². The van der Waals surface area contributed by atoms with Crippen molar-refractivity contribution in [1.29, 1.82) is 0 Å². The van der Waals surface area contributed by atoms with E-state index in [9.17, 15) is 0 Å². The summed E-state index contributed by atoms with van der Waals surface area (Å²) in [5.74, 6) is 0.955. The van der Waals surface area contributed by atoms with Crippen LogP contribution in [-0.2, 0) is 0 Å². The van der Waals surface area contributed by atoms with Crippen LogP contribution >= 0.6 is 0 Å². The summed E-state index contributed by atoms with van der Waals surface area (Å²) in [6.45, 7) is 2.38. The van der Waals surface area contributed by atoms with E-state index >= 15 is 0 Å². The Morgan fingerprint density at radius 3 is 2.00 bits per heavy atom. The number of hydrogen-bond donors (Lipinski definition) is 0. The van der Waals surface area contributed by atoms with E-state index < -0.39 is 0 Å². The third kappa shape index (κ3) is 4.70. The minimum Gasteiger partial charge on any atom is -0.309 e. The maximum atomic E-state index is 2.43. The second-order valence-corrected chi connectivity index (χ2v) is 12.9. The van der Waals surface area contributed by atoms with Gasteiger partial charge in [-0.3, -0.25) is 0 Å². The molecule has 0 radical (unpaired) electrons. The molecule has 1 nitrogen and oxygen atoms in total. The zero-order valence-corrected chi connectivity index (χ0v) is 26.5. The van der Waals surface area contributed by atoms with E-state index in [1.165, 1.54) is 77.2 Å². The number of fused-ring (bicyclic) bond motifs is 6. The summed E-state index contributed by atoms with van der Waals surface area (Å²) in [5.41, 5.74) is 12.8. The first-order valence-electron chi connectivity index (χ1n) is 16.7. The normalized spacial score (nSPS) is 16.0. The molecule has 1 aliphatic carbocycles. The Balaban J connectivity index is 1.06. The second kappa shape index (κ2) is 11.3. The molecule has 1 heteroatoms. The Hall–Kier alpha value is -5.66. The lowest BCUT2D eigenvalue weighted by Crippen LogP contribution is -2.07. The minimum absolute atomic E-state index is 0.476. The van der Waals surface area contributed by atoms with Gasteiger partial charge in [0.05, 0.1) is 11.0 Å². The van der Waals surface area contributed by atoms with Crippen molar-refractivity contribution in [3.63, 3.8) is 0 Å². The largest absolute Gasteiger partial charge is 0.309 e. The van der Waals surface area contributed by atoms with Gasteiger partial charge >= 0.3 is 0 Å². The molecule has 0 bridgehead atoms. The summed E-state index contributed by atoms with van der Waals surface area (Å²) in [7, 11) is 0. The quantitative estimate of drug-likeness (QED) is 0.189. The van der Waals surface area contributed by atoms with Crippen LogP contribution in [0.15, 0.2) is 164 Å². The lowest BCUT2D eigenvalue weighted by atomic mass is 9.80. The molecule has 0 spiro atoms. The molecule has 8 aromatic rings. The van der Waals surface area contributed by atoms with Crippen LogP contribution in [0.3, 0.4) is 0 Å². The molecule has 1 aromatic heterocycles. The number of hydrogen-bond acceptors (Lipinski definition) is 0. The highest BCUT2D eigenvalue weighted by Gasteiger charge is 2.23. The fraction of sp³-hybridized carbons (Fsp3) is 0.0870. The number of nitrogens with zero attached hydrogens (tertiary/aromatic N) is 1. The van der Waals surface area contributed by atoms with Crippen molar-refractivity contribution >= 4 is 38.7 Å². The van der Waals surface area contributed by atoms with Crippen LogP contribution in [0.25, 0.3) is 66.6 Å². The summed E-state index contributed by atoms with van der Waals surface area (Å²) in [4.78, 5) is 0. The topological polar surface area (TPSA) is 4.93 Å². The van der Waals surface area contributed by atoms with Crippen molar-refractivity contribution < 1.29 is 0 Å². The third-order valence-electron chi connectivity index (χ3n) is 10.3. The van der Waals surface area contributed by atoms with Crippen LogP contribution in [0.2, 0.25) is 0 Å². The molecule has 0 fully saturated rings. The van der Waals surface area contributed by atoms with Crippen LogP contribution in [0.5, 0.6) is 0 Å². The maximum Gasteiger partial charge on any atom is 0.0619 e. The van der Waals surface area contributed by atoms with Gasteiger partial charge in [-0.1, -0.05) is 153 Å². The van der Waals surface area contributed by atoms with Crippen molar-refractivity contribution in [2.45, 2.75) is 25.2 Å². The summed E-state index contributed by atoms with van der Waals surface area (Å²) in [5, 5.41) is 5.09. The van der Waals surface area contributed by atoms with Gasteiger partial charge < -0.3 is 4.57 Å². The highest BCUT2D eigenvalue weighted by Crippen LogP contribution is 2.41. The Morgan fingerprint density at radius 1 is 0.532 bits per heavy atom. The zero-order chi connectivity index (χ0) is 31.3. The van der Waals surface area contributed by atoms with E-state index in [2.05, 4.69) is 181 Å². The molecule has 0 saturated heterocycles. The Bertz CT molecular complexity index is 2430. The summed E-state index contributed by atoms with van der Waals surface area (Å²) in [6.07, 6.45) is 5.70. The lowest BCUT2D eigenvalue weighted by Gasteiger charge is -2.24. The fourth-order valence-corrected chi connectivity index (χ4v) is 7.85. The first kappa shape index (κ1) is 27.6. The van der Waals surface area contributed by atoms with Gasteiger partial charge in [0.1, 0.15) is 0 Å². The average Bonchev–Trinajstić information content (AvgIpc) is 3.38. The highest BCUT2D eigenvalue weighted by atomic mass is 15.0. The first-order valence-corrected chi connectivity index (χ1v) is 16.7. The van der Waals surface area contributed by atoms with Gasteiger partial charge in [-0.15, -0.1) is 0 Å². The Labute approximate surface area is 276 Å². The summed E-state index contributed by atoms with van der Waals surface area (Å²) >= 11 is 0. The van der Waals surface area contributed by atoms with E-state index in [0.29, 0.717) is 11.8 Å². The molecule has 0 aliphatic heterocycles. The van der Waals surface area contributed by atoms with Crippen molar-refractivity contribution in [2.24, 2.45) is 0 Å². The van der Waals surface area contributed by atoms with E-state index in [1.807, 2.05) is 0 Å². The lowest BCUT2D eigenvalue weighted by molar-refractivity contribution is 0.586. The van der Waals surface area contributed by atoms with Gasteiger partial charge in [0.15, 0.2) is 0 Å². The Morgan fingerprint density at radius 2 is 1.19 bits per heavy atom. The van der Waals surface area contributed by atoms with Crippen LogP contribution in [-0.4, -0.2) is 4.57 Å². The number of allylic oxidation sites excluding steroid dienone is 1. The maximum absolute atomic E-state index is 2.43. The van der Waals surface area contributed by atoms with Gasteiger partial charge in [-0.25, -0.2) is 0 Å². The predicted molar refractivity (Wildman–Crippen MR) is 200 cm³/mol. The zero-order valence-electron chi connectivity index (χ0n) is 26.5. The number of benzene rings is 7. The third-order valence-corrected chi connectivity index (χ3v) is 10.3. The van der Waals surface area contributed by atoms with Crippen LogP contribution in [0, 0.1) is 0 Å². The summed E-state index contributed by atoms with van der Waals surface area (Å²) in [6, 6.07) is 58.1. The molecule has 1 heterocycles. The van der Waals surface area contributed by atoms with Gasteiger partial charge in [0, 0.05) is 21.8 Å². The van der Waals surface area contributed by atoms with Crippen molar-refractivity contribution in [1.82, 2.24) is 4.57 Å². The monoisotopic (exact) mass is 601 g/mol. The van der Waals surface area contributed by atoms with Gasteiger partial charge in [0.25, 0.3) is 0 Å². The minimum atomic E-state index is 0.476. The van der Waals surface area contributed by atoms with E-state index in [0.717, 1.165) is 6.42 Å². The molecule has 2 atom stereocenters. The smallest absolute Gasteiger partial charge is 0.0619 e. The van der Waals surface area contributed by atoms with Crippen LogP contribution < -0.4 is 0 Å². The Kier molecular flexibility index (Phi) is 6.64. The SMILES string of the molecule is CC1c2ccccc2C=CCC1c1ccc(-c2ccc(-c3ccc4c(c3)c3ccc5ccccc5c3n4-c3ccccc3)cc2)cc1. The van der Waals surface area contributed by atoms with Crippen LogP contribution in [0.4, 0.5) is 0 Å². The highest BCUT2D eigenvalue weighted by molar-refractivity contribution is 6.19. The first-order chi connectivity index (χ1) is 23.2. The molecule has 2 unspecified atom stereocenters. The molecule has 0 saturated carbocycles. The molecule has 224 valence electrons. The van der Waals surface area contributed by atoms with Crippen molar-refractivity contribution in [3.05, 3.63) is 180 Å². The molecule has 1 aliphatic rings. The molecule has 0 N–H and O–H groups in total. The van der Waals surface area contributed by atoms with Crippen molar-refractivity contribution in [3.8, 4) is 27.9 Å². The van der Waals surface area contributed by atoms with E-state index in [1.54, 1.807) is 0 Å². The molecule has 47 heavy (non-hydrogen) atoms. The van der Waals surface area contributed by atoms with E-state index in [-0.39, 0.29) is 0 Å². The number of rotatable bonds is 4. The number of aromatic nitrogens is 1. The van der Waals surface area contributed by atoms with Crippen molar-refractivity contribution in [2.75, 3.05) is 0 Å². The van der Waals surface area contributed by atoms with Gasteiger partial charge in [-0.05, 0) is 86.9 Å². The molecule has 7 aromatic carbocycles. The van der Waals surface area contributed by atoms with Crippen LogP contribution in [0.1, 0.15) is 41.9 Å². The second-order valence-electron chi connectivity index (χ2n) is 12.9. The standard InChI is InChI=1S/C46H35N/c1-31-40-15-7-5-10-35(40)12-9-17-41(31)37-24-22-33(23-25-37)32-18-20-34(21-19-32)38-27-29-45-44(30-38)43-28-26-36-11-6-8-16-42(36)46(43)47(45)39-13-3-2-4-14-39/h2-16,18-31,41H,17H2,1H3. The fourth-order valence-electron chi connectivity index (χ4n) is 7.85. The summed E-state index contributed by atoms with van der Waals surface area (Å²) < 4.78 is 2.43. The predicted octanol–water partition coefficient (Wildman–Crippen LogP) is 12.6. The molecule has 9 rings (SSSR count). The molecular formula is C46H35N. The molecular weight excluding hydrogens is 567 g/mol.